The maximum absolute atomic E-state index is 11.8. The molecule has 1 fully saturated rings. The van der Waals surface area contributed by atoms with Gasteiger partial charge in [0, 0.05) is 6.42 Å². The molecule has 0 bridgehead atoms. The molecule has 92 valence electrons. The van der Waals surface area contributed by atoms with E-state index in [4.69, 9.17) is 9.84 Å². The molecule has 16 heavy (non-hydrogen) atoms. The van der Waals surface area contributed by atoms with Crippen LogP contribution in [0.4, 0.5) is 0 Å². The van der Waals surface area contributed by atoms with E-state index in [1.165, 1.54) is 0 Å². The van der Waals surface area contributed by atoms with Crippen molar-refractivity contribution in [2.45, 2.75) is 38.7 Å². The summed E-state index contributed by atoms with van der Waals surface area (Å²) in [6.45, 7) is 1.44. The van der Waals surface area contributed by atoms with Gasteiger partial charge in [-0.25, -0.2) is 0 Å². The lowest BCUT2D eigenvalue weighted by Crippen LogP contribution is -2.40. The lowest BCUT2D eigenvalue weighted by molar-refractivity contribution is -0.161. The number of aliphatic hydroxyl groups is 2. The highest BCUT2D eigenvalue weighted by atomic mass is 16.5. The molecule has 0 saturated heterocycles. The topological polar surface area (TPSA) is 83.8 Å². The summed E-state index contributed by atoms with van der Waals surface area (Å²) in [5.74, 6) is -0.747. The van der Waals surface area contributed by atoms with Crippen molar-refractivity contribution in [2.75, 3.05) is 13.2 Å². The molecule has 0 heterocycles. The summed E-state index contributed by atoms with van der Waals surface area (Å²) in [6.07, 6.45) is 0.293. The third-order valence-corrected chi connectivity index (χ3v) is 3.00. The van der Waals surface area contributed by atoms with E-state index in [1.807, 2.05) is 0 Å². The third-order valence-electron chi connectivity index (χ3n) is 3.00. The molecule has 1 rings (SSSR count). The molecule has 0 radical (unpaired) electrons. The molecule has 0 aromatic rings. The summed E-state index contributed by atoms with van der Waals surface area (Å²) >= 11 is 0. The maximum Gasteiger partial charge on any atom is 0.319 e. The van der Waals surface area contributed by atoms with Crippen molar-refractivity contribution >= 4 is 11.8 Å². The smallest absolute Gasteiger partial charge is 0.319 e. The van der Waals surface area contributed by atoms with Crippen molar-refractivity contribution < 1.29 is 24.5 Å². The molecular weight excluding hydrogens is 212 g/mol. The lowest BCUT2D eigenvalue weighted by atomic mass is 9.80. The van der Waals surface area contributed by atoms with Crippen LogP contribution in [0.3, 0.4) is 0 Å². The van der Waals surface area contributed by atoms with Crippen molar-refractivity contribution in [3.63, 3.8) is 0 Å². The Morgan fingerprint density at radius 1 is 1.62 bits per heavy atom. The molecule has 2 N–H and O–H groups in total. The molecule has 2 atom stereocenters. The van der Waals surface area contributed by atoms with Crippen LogP contribution < -0.4 is 0 Å². The number of esters is 1. The summed E-state index contributed by atoms with van der Waals surface area (Å²) in [5.41, 5.74) is -1.22. The van der Waals surface area contributed by atoms with Gasteiger partial charge in [0.2, 0.25) is 0 Å². The Hall–Kier alpha value is -0.940. The van der Waals surface area contributed by atoms with Gasteiger partial charge in [0.1, 0.15) is 11.2 Å². The van der Waals surface area contributed by atoms with E-state index >= 15 is 0 Å². The van der Waals surface area contributed by atoms with Gasteiger partial charge in [-0.3, -0.25) is 9.59 Å². The van der Waals surface area contributed by atoms with Crippen LogP contribution in [0.1, 0.15) is 32.6 Å². The highest BCUT2D eigenvalue weighted by Gasteiger charge is 2.50. The third kappa shape index (κ3) is 2.41. The molecule has 0 aromatic heterocycles. The average Bonchev–Trinajstić information content (AvgIpc) is 2.61. The van der Waals surface area contributed by atoms with E-state index in [1.54, 1.807) is 6.92 Å². The van der Waals surface area contributed by atoms with Crippen molar-refractivity contribution in [3.8, 4) is 0 Å². The fourth-order valence-corrected chi connectivity index (χ4v) is 2.18. The van der Waals surface area contributed by atoms with Gasteiger partial charge in [-0.2, -0.15) is 0 Å². The van der Waals surface area contributed by atoms with Crippen LogP contribution in [0.2, 0.25) is 0 Å². The number of hydrogen-bond acceptors (Lipinski definition) is 5. The quantitative estimate of drug-likeness (QED) is 0.514. The molecule has 0 aromatic carbocycles. The molecule has 1 aliphatic rings. The standard InChI is InChI=1S/C11H18O5/c1-2-16-10(15)11(6-8(13)7-12)5-3-4-9(11)14/h8,12-13H,2-7H2,1H3/t8?,11-/m1/s1. The summed E-state index contributed by atoms with van der Waals surface area (Å²) in [4.78, 5) is 23.6. The van der Waals surface area contributed by atoms with Gasteiger partial charge < -0.3 is 14.9 Å². The fourth-order valence-electron chi connectivity index (χ4n) is 2.18. The predicted octanol–water partition coefficient (Wildman–Crippen LogP) is 0.0322. The van der Waals surface area contributed by atoms with Gasteiger partial charge in [-0.05, 0) is 26.2 Å². The number of aliphatic hydroxyl groups excluding tert-OH is 2. The zero-order valence-corrected chi connectivity index (χ0v) is 9.44. The number of Topliss-reactive ketones (excluding diaryl/α,β-unsaturated/α-hetero) is 1. The van der Waals surface area contributed by atoms with Crippen molar-refractivity contribution in [3.05, 3.63) is 0 Å². The van der Waals surface area contributed by atoms with Gasteiger partial charge in [0.05, 0.1) is 19.3 Å². The number of rotatable bonds is 5. The Morgan fingerprint density at radius 2 is 2.31 bits per heavy atom. The molecule has 0 spiro atoms. The molecule has 1 unspecified atom stereocenters. The van der Waals surface area contributed by atoms with Crippen molar-refractivity contribution in [1.82, 2.24) is 0 Å². The van der Waals surface area contributed by atoms with Crippen LogP contribution in [-0.4, -0.2) is 41.3 Å². The second-order valence-corrected chi connectivity index (χ2v) is 4.12. The fraction of sp³-hybridized carbons (Fsp3) is 0.818. The Morgan fingerprint density at radius 3 is 2.75 bits per heavy atom. The molecular formula is C11H18O5. The van der Waals surface area contributed by atoms with Gasteiger partial charge >= 0.3 is 5.97 Å². The van der Waals surface area contributed by atoms with Crippen LogP contribution in [0, 0.1) is 5.41 Å². The maximum atomic E-state index is 11.8. The van der Waals surface area contributed by atoms with Crippen molar-refractivity contribution in [1.29, 1.82) is 0 Å². The Balaban J connectivity index is 2.84. The van der Waals surface area contributed by atoms with Gasteiger partial charge in [0.15, 0.2) is 0 Å². The van der Waals surface area contributed by atoms with E-state index in [0.717, 1.165) is 0 Å². The lowest BCUT2D eigenvalue weighted by Gasteiger charge is -2.26. The molecule has 5 heteroatoms. The zero-order valence-electron chi connectivity index (χ0n) is 9.44. The molecule has 1 saturated carbocycles. The first-order valence-corrected chi connectivity index (χ1v) is 5.56. The number of carbonyl (C=O) groups is 2. The second-order valence-electron chi connectivity index (χ2n) is 4.12. The summed E-state index contributed by atoms with van der Waals surface area (Å²) in [7, 11) is 0. The Bertz CT molecular complexity index is 276. The van der Waals surface area contributed by atoms with E-state index in [9.17, 15) is 14.7 Å². The average molecular weight is 230 g/mol. The zero-order chi connectivity index (χ0) is 12.2. The minimum Gasteiger partial charge on any atom is -0.465 e. The van der Waals surface area contributed by atoms with Crippen molar-refractivity contribution in [2.24, 2.45) is 5.41 Å². The Labute approximate surface area is 94.4 Å². The van der Waals surface area contributed by atoms with Gasteiger partial charge in [-0.15, -0.1) is 0 Å². The number of hydrogen-bond donors (Lipinski definition) is 2. The van der Waals surface area contributed by atoms with Crippen LogP contribution in [0.15, 0.2) is 0 Å². The van der Waals surface area contributed by atoms with Gasteiger partial charge in [-0.1, -0.05) is 0 Å². The largest absolute Gasteiger partial charge is 0.465 e. The first kappa shape index (κ1) is 13.1. The molecule has 5 nitrogen and oxygen atoms in total. The van der Waals surface area contributed by atoms with Gasteiger partial charge in [0.25, 0.3) is 0 Å². The van der Waals surface area contributed by atoms with Crippen LogP contribution in [0.5, 0.6) is 0 Å². The van der Waals surface area contributed by atoms with Crippen LogP contribution in [0.25, 0.3) is 0 Å². The molecule has 0 amide bonds. The minimum absolute atomic E-state index is 0.0405. The number of carbonyl (C=O) groups excluding carboxylic acids is 2. The predicted molar refractivity (Wildman–Crippen MR) is 55.6 cm³/mol. The molecule has 1 aliphatic carbocycles. The normalized spacial score (nSPS) is 26.8. The SMILES string of the molecule is CCOC(=O)[C@@]1(CC(O)CO)CCCC1=O. The summed E-state index contributed by atoms with van der Waals surface area (Å²) in [5, 5.41) is 18.2. The van der Waals surface area contributed by atoms with Crippen LogP contribution in [-0.2, 0) is 14.3 Å². The molecule has 0 aliphatic heterocycles. The minimum atomic E-state index is -1.22. The van der Waals surface area contributed by atoms with E-state index in [2.05, 4.69) is 0 Å². The second kappa shape index (κ2) is 5.41. The number of ether oxygens (including phenoxy) is 1. The summed E-state index contributed by atoms with van der Waals surface area (Å²) in [6, 6.07) is 0. The monoisotopic (exact) mass is 230 g/mol. The first-order valence-electron chi connectivity index (χ1n) is 5.56. The number of ketones is 1. The van der Waals surface area contributed by atoms with Crippen LogP contribution >= 0.6 is 0 Å². The first-order chi connectivity index (χ1) is 7.56. The van der Waals surface area contributed by atoms with E-state index in [0.29, 0.717) is 19.3 Å². The highest BCUT2D eigenvalue weighted by molar-refractivity contribution is 6.05. The summed E-state index contributed by atoms with van der Waals surface area (Å²) < 4.78 is 4.89. The highest BCUT2D eigenvalue weighted by Crippen LogP contribution is 2.40. The van der Waals surface area contributed by atoms with E-state index in [-0.39, 0.29) is 18.8 Å². The van der Waals surface area contributed by atoms with E-state index < -0.39 is 24.1 Å². The Kier molecular flexibility index (Phi) is 4.44.